The molecule has 2 aliphatic rings. The van der Waals surface area contributed by atoms with Crippen molar-refractivity contribution in [2.24, 2.45) is 16.6 Å². The fourth-order valence-electron chi connectivity index (χ4n) is 4.20. The van der Waals surface area contributed by atoms with E-state index < -0.39 is 27.6 Å². The van der Waals surface area contributed by atoms with Crippen LogP contribution in [0.3, 0.4) is 0 Å². The van der Waals surface area contributed by atoms with E-state index in [4.69, 9.17) is 26.8 Å². The number of nitrogens with two attached hydrogens (primary N) is 1. The molecule has 1 aliphatic heterocycles. The second-order valence-electron chi connectivity index (χ2n) is 6.26. The number of fused-ring (bicyclic) bond motifs is 1. The van der Waals surface area contributed by atoms with Crippen LogP contribution in [0.5, 0.6) is 0 Å². The van der Waals surface area contributed by atoms with Crippen molar-refractivity contribution in [3.8, 4) is 12.1 Å². The molecule has 1 fully saturated rings. The molecule has 0 bridgehead atoms. The molecule has 1 aliphatic carbocycles. The Labute approximate surface area is 160 Å². The molecule has 1 aromatic rings. The quantitative estimate of drug-likeness (QED) is 0.409. The highest BCUT2D eigenvalue weighted by atomic mass is 35.5. The molecule has 3 N–H and O–H groups in total. The summed E-state index contributed by atoms with van der Waals surface area (Å²) in [7, 11) is 0. The third kappa shape index (κ3) is 2.07. The molecule has 3 atom stereocenters. The molecule has 1 saturated carbocycles. The SMILES string of the molecule is CCOC1(OCC)[NH+]=C(N)[C@@]2(C#N)[C@H](c3ccc(Cl)c([N+](=O)[O-])c3)[C@@]12C#N. The molecule has 140 valence electrons. The minimum atomic E-state index is -1.63. The van der Waals surface area contributed by atoms with Gasteiger partial charge in [-0.05, 0) is 25.5 Å². The molecular weight excluding hydrogens is 374 g/mol. The molecule has 0 saturated heterocycles. The Morgan fingerprint density at radius 1 is 1.33 bits per heavy atom. The van der Waals surface area contributed by atoms with Gasteiger partial charge in [0.2, 0.25) is 0 Å². The normalized spacial score (nSPS) is 30.0. The molecule has 10 heteroatoms. The Kier molecular flexibility index (Phi) is 4.35. The van der Waals surface area contributed by atoms with Gasteiger partial charge in [0.05, 0.1) is 30.3 Å². The third-order valence-electron chi connectivity index (χ3n) is 5.20. The van der Waals surface area contributed by atoms with Gasteiger partial charge in [-0.2, -0.15) is 10.5 Å². The van der Waals surface area contributed by atoms with Gasteiger partial charge < -0.3 is 9.47 Å². The Balaban J connectivity index is 2.24. The zero-order valence-corrected chi connectivity index (χ0v) is 15.4. The molecule has 1 aromatic carbocycles. The number of nitrogens with zero attached hydrogens (tertiary/aromatic N) is 3. The summed E-state index contributed by atoms with van der Waals surface area (Å²) in [6.45, 7) is 3.83. The molecule has 9 nitrogen and oxygen atoms in total. The predicted molar refractivity (Wildman–Crippen MR) is 93.1 cm³/mol. The van der Waals surface area contributed by atoms with Crippen LogP contribution in [-0.4, -0.2) is 29.9 Å². The zero-order chi connectivity index (χ0) is 20.0. The van der Waals surface area contributed by atoms with E-state index in [1.807, 2.05) is 0 Å². The van der Waals surface area contributed by atoms with Gasteiger partial charge in [-0.15, -0.1) is 0 Å². The van der Waals surface area contributed by atoms with Crippen LogP contribution in [0, 0.1) is 43.6 Å². The van der Waals surface area contributed by atoms with Crippen molar-refractivity contribution in [2.45, 2.75) is 25.7 Å². The van der Waals surface area contributed by atoms with E-state index >= 15 is 0 Å². The molecule has 27 heavy (non-hydrogen) atoms. The standard InChI is InChI=1S/C17H16ClN5O4/c1-3-26-17(27-4-2)16(9-20)13(15(16,8-19)14(21)22-17)10-5-6-11(18)12(7-10)23(24)25/h5-7,13H,3-4H2,1-2H3,(H2,21,22)/p+1/t13-,15+,16+/m0/s1. The van der Waals surface area contributed by atoms with Gasteiger partial charge in [0.25, 0.3) is 11.5 Å². The van der Waals surface area contributed by atoms with E-state index in [1.165, 1.54) is 12.1 Å². The summed E-state index contributed by atoms with van der Waals surface area (Å²) in [5, 5.41) is 31.3. The lowest BCUT2D eigenvalue weighted by Crippen LogP contribution is -2.91. The maximum atomic E-state index is 11.3. The summed E-state index contributed by atoms with van der Waals surface area (Å²) < 4.78 is 11.5. The number of ether oxygens (including phenoxy) is 2. The second kappa shape index (κ2) is 6.17. The lowest BCUT2D eigenvalue weighted by molar-refractivity contribution is -0.693. The Morgan fingerprint density at radius 2 is 1.96 bits per heavy atom. The van der Waals surface area contributed by atoms with E-state index in [0.717, 1.165) is 0 Å². The first-order chi connectivity index (χ1) is 12.8. The number of nitro benzene ring substituents is 1. The second-order valence-corrected chi connectivity index (χ2v) is 6.67. The number of halogens is 1. The fraction of sp³-hybridized carbons (Fsp3) is 0.471. The van der Waals surface area contributed by atoms with Gasteiger partial charge in [0, 0.05) is 12.0 Å². The van der Waals surface area contributed by atoms with E-state index in [-0.39, 0.29) is 29.8 Å². The van der Waals surface area contributed by atoms with Gasteiger partial charge in [-0.25, -0.2) is 4.99 Å². The number of hydrogen-bond acceptors (Lipinski definition) is 7. The minimum Gasteiger partial charge on any atom is -0.314 e. The van der Waals surface area contributed by atoms with Crippen LogP contribution in [0.25, 0.3) is 0 Å². The topological polar surface area (TPSA) is 149 Å². The van der Waals surface area contributed by atoms with Gasteiger partial charge in [-0.1, -0.05) is 17.7 Å². The summed E-state index contributed by atoms with van der Waals surface area (Å²) in [4.78, 5) is 13.5. The van der Waals surface area contributed by atoms with E-state index in [2.05, 4.69) is 17.1 Å². The first-order valence-corrected chi connectivity index (χ1v) is 8.65. The van der Waals surface area contributed by atoms with Crippen molar-refractivity contribution in [1.82, 2.24) is 0 Å². The Hall–Kier alpha value is -2.72. The first-order valence-electron chi connectivity index (χ1n) is 8.27. The van der Waals surface area contributed by atoms with Crippen molar-refractivity contribution in [1.29, 1.82) is 10.5 Å². The molecule has 0 radical (unpaired) electrons. The van der Waals surface area contributed by atoms with Crippen LogP contribution < -0.4 is 10.7 Å². The smallest absolute Gasteiger partial charge is 0.314 e. The van der Waals surface area contributed by atoms with Crippen molar-refractivity contribution in [3.63, 3.8) is 0 Å². The van der Waals surface area contributed by atoms with Crippen LogP contribution in [0.15, 0.2) is 18.2 Å². The molecule has 0 amide bonds. The summed E-state index contributed by atoms with van der Waals surface area (Å²) in [6, 6.07) is 8.48. The largest absolute Gasteiger partial charge is 0.343 e. The molecule has 0 spiro atoms. The Bertz CT molecular complexity index is 930. The van der Waals surface area contributed by atoms with Crippen molar-refractivity contribution >= 4 is 23.1 Å². The van der Waals surface area contributed by atoms with Crippen LogP contribution in [0.4, 0.5) is 5.69 Å². The van der Waals surface area contributed by atoms with Crippen molar-refractivity contribution in [3.05, 3.63) is 38.9 Å². The molecule has 1 heterocycles. The average molecular weight is 391 g/mol. The number of benzene rings is 1. The molecule has 3 rings (SSSR count). The average Bonchev–Trinajstić information content (AvgIpc) is 3.21. The number of rotatable bonds is 6. The highest BCUT2D eigenvalue weighted by Crippen LogP contribution is 2.78. The lowest BCUT2D eigenvalue weighted by atomic mass is 9.93. The monoisotopic (exact) mass is 390 g/mol. The maximum Gasteiger partial charge on any atom is 0.343 e. The van der Waals surface area contributed by atoms with Crippen LogP contribution in [0.1, 0.15) is 25.3 Å². The Morgan fingerprint density at radius 3 is 2.44 bits per heavy atom. The zero-order valence-electron chi connectivity index (χ0n) is 14.7. The number of hydrogen-bond donors (Lipinski definition) is 2. The van der Waals surface area contributed by atoms with Crippen molar-refractivity contribution in [2.75, 3.05) is 13.2 Å². The van der Waals surface area contributed by atoms with Crippen LogP contribution in [-0.2, 0) is 9.47 Å². The molecule has 0 unspecified atom stereocenters. The number of amidine groups is 1. The van der Waals surface area contributed by atoms with Gasteiger partial charge in [-0.3, -0.25) is 15.8 Å². The number of nitrogens with one attached hydrogen (secondary N) is 1. The number of nitro groups is 1. The van der Waals surface area contributed by atoms with Crippen LogP contribution >= 0.6 is 11.6 Å². The third-order valence-corrected chi connectivity index (χ3v) is 5.52. The minimum absolute atomic E-state index is 0.0380. The first kappa shape index (κ1) is 19.1. The van der Waals surface area contributed by atoms with E-state index in [9.17, 15) is 20.6 Å². The summed E-state index contributed by atoms with van der Waals surface area (Å²) in [5.74, 6) is -2.38. The predicted octanol–water partition coefficient (Wildman–Crippen LogP) is 0.544. The maximum absolute atomic E-state index is 11.3. The lowest BCUT2D eigenvalue weighted by Gasteiger charge is -2.29. The van der Waals surface area contributed by atoms with E-state index in [0.29, 0.717) is 5.56 Å². The van der Waals surface area contributed by atoms with E-state index in [1.54, 1.807) is 19.9 Å². The van der Waals surface area contributed by atoms with Gasteiger partial charge in [0.15, 0.2) is 10.8 Å². The fourth-order valence-corrected chi connectivity index (χ4v) is 4.39. The van der Waals surface area contributed by atoms with Gasteiger partial charge >= 0.3 is 5.91 Å². The summed E-state index contributed by atoms with van der Waals surface area (Å²) in [6.07, 6.45) is 0. The van der Waals surface area contributed by atoms with Crippen molar-refractivity contribution < 1.29 is 19.4 Å². The highest BCUT2D eigenvalue weighted by Gasteiger charge is 2.97. The number of nitriles is 2. The highest BCUT2D eigenvalue weighted by molar-refractivity contribution is 6.32. The summed E-state index contributed by atoms with van der Waals surface area (Å²) in [5.41, 5.74) is 3.25. The van der Waals surface area contributed by atoms with Gasteiger partial charge in [0.1, 0.15) is 5.02 Å². The summed E-state index contributed by atoms with van der Waals surface area (Å²) >= 11 is 5.89. The molecular formula is C17H17ClN5O4+. The molecule has 0 aromatic heterocycles. The van der Waals surface area contributed by atoms with Crippen LogP contribution in [0.2, 0.25) is 5.02 Å².